The lowest BCUT2D eigenvalue weighted by molar-refractivity contribution is -0.143. The molecule has 0 bridgehead atoms. The summed E-state index contributed by atoms with van der Waals surface area (Å²) < 4.78 is 4.67. The number of ketones is 1. The van der Waals surface area contributed by atoms with E-state index in [1.165, 1.54) is 0 Å². The summed E-state index contributed by atoms with van der Waals surface area (Å²) in [6.07, 6.45) is 0.282. The van der Waals surface area contributed by atoms with Gasteiger partial charge in [-0.05, 0) is 12.0 Å². The highest BCUT2D eigenvalue weighted by Gasteiger charge is 2.16. The highest BCUT2D eigenvalue weighted by atomic mass is 16.5. The van der Waals surface area contributed by atoms with E-state index in [2.05, 4.69) is 4.74 Å². The molecule has 2 N–H and O–H groups in total. The fourth-order valence-electron chi connectivity index (χ4n) is 2.10. The van der Waals surface area contributed by atoms with Crippen LogP contribution in [-0.2, 0) is 16.0 Å². The number of carbonyl (C=O) groups is 2. The zero-order chi connectivity index (χ0) is 16.7. The van der Waals surface area contributed by atoms with E-state index < -0.39 is 12.0 Å². The molecule has 2 aromatic rings. The third-order valence-electron chi connectivity index (χ3n) is 3.29. The summed E-state index contributed by atoms with van der Waals surface area (Å²) in [6.45, 7) is -0.308. The van der Waals surface area contributed by atoms with Gasteiger partial charge in [0.15, 0.2) is 12.4 Å². The van der Waals surface area contributed by atoms with Gasteiger partial charge in [0.25, 0.3) is 0 Å². The monoisotopic (exact) mass is 308 g/mol. The lowest BCUT2D eigenvalue weighted by Crippen LogP contribution is -2.34. The summed E-state index contributed by atoms with van der Waals surface area (Å²) in [7, 11) is 0. The van der Waals surface area contributed by atoms with Crippen LogP contribution in [0.5, 0.6) is 0 Å². The quantitative estimate of drug-likeness (QED) is 0.649. The Labute approximate surface area is 134 Å². The smallest absolute Gasteiger partial charge is 0.324 e. The molecule has 5 nitrogen and oxygen atoms in total. The Morgan fingerprint density at radius 2 is 1.65 bits per heavy atom. The first kappa shape index (κ1) is 16.4. The van der Waals surface area contributed by atoms with Crippen LogP contribution in [0.2, 0.25) is 0 Å². The minimum atomic E-state index is -0.834. The number of hydrogen-bond acceptors (Lipinski definition) is 5. The molecule has 0 spiro atoms. The number of nitrogens with zero attached hydrogens (tertiary/aromatic N) is 1. The van der Waals surface area contributed by atoms with Crippen molar-refractivity contribution in [2.24, 2.45) is 5.73 Å². The van der Waals surface area contributed by atoms with E-state index in [1.807, 2.05) is 18.2 Å². The van der Waals surface area contributed by atoms with Crippen molar-refractivity contribution < 1.29 is 14.3 Å². The Bertz CT molecular complexity index is 718. The maximum absolute atomic E-state index is 12.3. The van der Waals surface area contributed by atoms with Gasteiger partial charge in [-0.2, -0.15) is 5.26 Å². The van der Waals surface area contributed by atoms with Gasteiger partial charge >= 0.3 is 5.97 Å². The summed E-state index contributed by atoms with van der Waals surface area (Å²) in [6, 6.07) is 16.8. The third kappa shape index (κ3) is 4.50. The molecule has 2 rings (SSSR count). The van der Waals surface area contributed by atoms with Crippen LogP contribution in [0.3, 0.4) is 0 Å². The predicted molar refractivity (Wildman–Crippen MR) is 84.6 cm³/mol. The summed E-state index contributed by atoms with van der Waals surface area (Å²) in [5.41, 5.74) is 7.74. The molecule has 116 valence electrons. The first-order valence-corrected chi connectivity index (χ1v) is 7.09. The van der Waals surface area contributed by atoms with Gasteiger partial charge in [0.05, 0.1) is 0 Å². The lowest BCUT2D eigenvalue weighted by Gasteiger charge is -2.10. The molecule has 0 unspecified atom stereocenters. The van der Waals surface area contributed by atoms with Gasteiger partial charge in [-0.25, -0.2) is 0 Å². The Hall–Kier alpha value is -2.97. The fourth-order valence-corrected chi connectivity index (χ4v) is 2.10. The van der Waals surface area contributed by atoms with Crippen molar-refractivity contribution >= 4 is 11.8 Å². The second-order valence-corrected chi connectivity index (χ2v) is 4.97. The van der Waals surface area contributed by atoms with Crippen molar-refractivity contribution in [2.45, 2.75) is 12.5 Å². The molecule has 23 heavy (non-hydrogen) atoms. The highest BCUT2D eigenvalue weighted by Crippen LogP contribution is 2.12. The van der Waals surface area contributed by atoms with Gasteiger partial charge < -0.3 is 10.5 Å². The molecule has 0 aliphatic heterocycles. The largest absolute Gasteiger partial charge is 0.449 e. The topological polar surface area (TPSA) is 93.2 Å². The van der Waals surface area contributed by atoms with E-state index >= 15 is 0 Å². The van der Waals surface area contributed by atoms with E-state index in [0.717, 1.165) is 5.56 Å². The molecule has 0 saturated heterocycles. The van der Waals surface area contributed by atoms with Crippen molar-refractivity contribution in [1.82, 2.24) is 0 Å². The van der Waals surface area contributed by atoms with Crippen molar-refractivity contribution in [2.75, 3.05) is 6.61 Å². The number of benzene rings is 2. The molecule has 0 radical (unpaired) electrons. The van der Waals surface area contributed by atoms with Crippen LogP contribution in [0, 0.1) is 11.3 Å². The molecule has 2 aromatic carbocycles. The molecule has 0 aromatic heterocycles. The van der Waals surface area contributed by atoms with Crippen molar-refractivity contribution in [3.8, 4) is 6.07 Å². The van der Waals surface area contributed by atoms with Gasteiger partial charge in [-0.15, -0.1) is 0 Å². The average molecular weight is 308 g/mol. The Balaban J connectivity index is 2.01. The molecular weight excluding hydrogens is 292 g/mol. The van der Waals surface area contributed by atoms with Gasteiger partial charge in [-0.3, -0.25) is 9.59 Å². The van der Waals surface area contributed by atoms with Crippen LogP contribution in [0.25, 0.3) is 0 Å². The molecule has 5 heteroatoms. The average Bonchev–Trinajstić information content (AvgIpc) is 2.60. The Morgan fingerprint density at radius 3 is 2.26 bits per heavy atom. The van der Waals surface area contributed by atoms with Gasteiger partial charge in [-0.1, -0.05) is 54.6 Å². The maximum Gasteiger partial charge on any atom is 0.324 e. The summed E-state index contributed by atoms with van der Waals surface area (Å²) in [5, 5.41) is 8.36. The van der Waals surface area contributed by atoms with E-state index in [0.29, 0.717) is 11.1 Å². The van der Waals surface area contributed by atoms with E-state index in [1.54, 1.807) is 42.5 Å². The summed E-state index contributed by atoms with van der Waals surface area (Å²) in [4.78, 5) is 23.8. The molecule has 1 atom stereocenters. The molecule has 0 saturated carbocycles. The van der Waals surface area contributed by atoms with Gasteiger partial charge in [0.2, 0.25) is 0 Å². The van der Waals surface area contributed by atoms with E-state index in [9.17, 15) is 9.59 Å². The molecule has 0 aliphatic rings. The third-order valence-corrected chi connectivity index (χ3v) is 3.29. The Morgan fingerprint density at radius 1 is 1.04 bits per heavy atom. The zero-order valence-corrected chi connectivity index (χ0v) is 12.4. The first-order valence-electron chi connectivity index (χ1n) is 7.09. The van der Waals surface area contributed by atoms with Crippen LogP contribution >= 0.6 is 0 Å². The lowest BCUT2D eigenvalue weighted by atomic mass is 10.00. The molecule has 0 amide bonds. The minimum absolute atomic E-state index is 0.0603. The second-order valence-electron chi connectivity index (χ2n) is 4.97. The number of rotatable bonds is 6. The van der Waals surface area contributed by atoms with E-state index in [4.69, 9.17) is 11.0 Å². The van der Waals surface area contributed by atoms with Crippen LogP contribution < -0.4 is 5.73 Å². The standard InChI is InChI=1S/C18H16N2O3/c19-10-11-23-18(22)16(20)12-13-6-8-15(9-7-13)17(21)14-4-2-1-3-5-14/h1-9,16H,11-12,20H2/t16-/m0/s1. The van der Waals surface area contributed by atoms with Gasteiger partial charge in [0.1, 0.15) is 12.1 Å². The number of carbonyl (C=O) groups excluding carboxylic acids is 2. The van der Waals surface area contributed by atoms with Crippen LogP contribution in [0.4, 0.5) is 0 Å². The SMILES string of the molecule is N#CCOC(=O)[C@@H](N)Cc1ccc(C(=O)c2ccccc2)cc1. The number of hydrogen-bond donors (Lipinski definition) is 1. The van der Waals surface area contributed by atoms with Crippen LogP contribution in [0.15, 0.2) is 54.6 Å². The van der Waals surface area contributed by atoms with Crippen molar-refractivity contribution in [1.29, 1.82) is 5.26 Å². The van der Waals surface area contributed by atoms with Crippen molar-refractivity contribution in [3.63, 3.8) is 0 Å². The normalized spacial score (nSPS) is 11.3. The first-order chi connectivity index (χ1) is 11.1. The highest BCUT2D eigenvalue weighted by molar-refractivity contribution is 6.08. The number of esters is 1. The minimum Gasteiger partial charge on any atom is -0.449 e. The molecular formula is C18H16N2O3. The van der Waals surface area contributed by atoms with Crippen molar-refractivity contribution in [3.05, 3.63) is 71.3 Å². The predicted octanol–water partition coefficient (Wildman–Crippen LogP) is 1.85. The fraction of sp³-hybridized carbons (Fsp3) is 0.167. The van der Waals surface area contributed by atoms with Crippen LogP contribution in [-0.4, -0.2) is 24.4 Å². The number of nitriles is 1. The van der Waals surface area contributed by atoms with Gasteiger partial charge in [0, 0.05) is 11.1 Å². The zero-order valence-electron chi connectivity index (χ0n) is 12.4. The van der Waals surface area contributed by atoms with E-state index in [-0.39, 0.29) is 18.8 Å². The second kappa shape index (κ2) is 7.87. The summed E-state index contributed by atoms with van der Waals surface area (Å²) >= 11 is 0. The number of ether oxygens (including phenoxy) is 1. The molecule has 0 heterocycles. The maximum atomic E-state index is 12.3. The molecule has 0 fully saturated rings. The number of nitrogens with two attached hydrogens (primary N) is 1. The van der Waals surface area contributed by atoms with Crippen LogP contribution in [0.1, 0.15) is 21.5 Å². The molecule has 0 aliphatic carbocycles. The summed E-state index contributed by atoms with van der Waals surface area (Å²) in [5.74, 6) is -0.675. The Kier molecular flexibility index (Phi) is 5.61.